The Kier molecular flexibility index (Phi) is 6.50. The molecule has 0 bridgehead atoms. The highest BCUT2D eigenvalue weighted by Crippen LogP contribution is 2.38. The third-order valence-electron chi connectivity index (χ3n) is 4.37. The number of carbonyl (C=O) groups excluding carboxylic acids is 1. The van der Waals surface area contributed by atoms with Crippen LogP contribution in [0.4, 0.5) is 0 Å². The molecule has 2 aliphatic rings. The lowest BCUT2D eigenvalue weighted by Gasteiger charge is -2.36. The minimum Gasteiger partial charge on any atom is -0.366 e. The number of amides is 1. The van der Waals surface area contributed by atoms with Gasteiger partial charge in [0.1, 0.15) is 6.10 Å². The summed E-state index contributed by atoms with van der Waals surface area (Å²) in [5, 5.41) is 7.09. The minimum absolute atomic E-state index is 0. The maximum atomic E-state index is 12.4. The molecule has 22 heavy (non-hydrogen) atoms. The van der Waals surface area contributed by atoms with Crippen molar-refractivity contribution >= 4 is 29.9 Å². The molecule has 2 unspecified atom stereocenters. The molecule has 2 N–H and O–H groups in total. The zero-order valence-electron chi connectivity index (χ0n) is 12.4. The number of benzene rings is 1. The first-order valence-corrected chi connectivity index (χ1v) is 8.00. The maximum Gasteiger partial charge on any atom is 0.250 e. The van der Waals surface area contributed by atoms with Gasteiger partial charge in [-0.05, 0) is 36.5 Å². The molecular formula is C16H22Cl2N2O2. The Balaban J connectivity index is 0.00000176. The summed E-state index contributed by atoms with van der Waals surface area (Å²) >= 11 is 5.96. The SMILES string of the molecule is Cl.O=C(NC(c1ccc(Cl)cc1)C1CCC1)C1CNCCO1. The molecule has 3 rings (SSSR count). The minimum atomic E-state index is -0.381. The van der Waals surface area contributed by atoms with Crippen LogP contribution in [-0.2, 0) is 9.53 Å². The average molecular weight is 345 g/mol. The number of carbonyl (C=O) groups is 1. The van der Waals surface area contributed by atoms with Gasteiger partial charge < -0.3 is 15.4 Å². The van der Waals surface area contributed by atoms with Crippen molar-refractivity contribution in [3.05, 3.63) is 34.9 Å². The molecule has 0 radical (unpaired) electrons. The van der Waals surface area contributed by atoms with Crippen molar-refractivity contribution in [1.82, 2.24) is 10.6 Å². The van der Waals surface area contributed by atoms with Gasteiger partial charge in [-0.1, -0.05) is 30.2 Å². The van der Waals surface area contributed by atoms with Crippen molar-refractivity contribution in [2.75, 3.05) is 19.7 Å². The third-order valence-corrected chi connectivity index (χ3v) is 4.62. The van der Waals surface area contributed by atoms with Crippen LogP contribution in [0.25, 0.3) is 0 Å². The predicted octanol–water partition coefficient (Wildman–Crippen LogP) is 2.71. The highest BCUT2D eigenvalue weighted by Gasteiger charge is 2.32. The quantitative estimate of drug-likeness (QED) is 0.882. The van der Waals surface area contributed by atoms with Gasteiger partial charge in [0.15, 0.2) is 0 Å². The molecule has 1 saturated carbocycles. The molecule has 6 heteroatoms. The Labute approximate surface area is 142 Å². The van der Waals surface area contributed by atoms with E-state index in [1.54, 1.807) is 0 Å². The van der Waals surface area contributed by atoms with Crippen molar-refractivity contribution in [2.45, 2.75) is 31.4 Å². The molecule has 1 aliphatic heterocycles. The van der Waals surface area contributed by atoms with E-state index in [0.29, 0.717) is 19.1 Å². The average Bonchev–Trinajstić information content (AvgIpc) is 2.46. The number of hydrogen-bond donors (Lipinski definition) is 2. The molecule has 1 saturated heterocycles. The molecule has 1 aromatic carbocycles. The Hall–Kier alpha value is -0.810. The van der Waals surface area contributed by atoms with E-state index in [4.69, 9.17) is 16.3 Å². The van der Waals surface area contributed by atoms with Gasteiger partial charge in [-0.3, -0.25) is 4.79 Å². The van der Waals surface area contributed by atoms with E-state index in [1.165, 1.54) is 6.42 Å². The van der Waals surface area contributed by atoms with Crippen molar-refractivity contribution < 1.29 is 9.53 Å². The highest BCUT2D eigenvalue weighted by molar-refractivity contribution is 6.30. The summed E-state index contributed by atoms with van der Waals surface area (Å²) in [6, 6.07) is 7.84. The number of nitrogens with one attached hydrogen (secondary N) is 2. The van der Waals surface area contributed by atoms with Crippen LogP contribution in [0, 0.1) is 5.92 Å². The fourth-order valence-electron chi connectivity index (χ4n) is 2.90. The lowest BCUT2D eigenvalue weighted by molar-refractivity contribution is -0.135. The van der Waals surface area contributed by atoms with E-state index in [2.05, 4.69) is 10.6 Å². The molecule has 2 atom stereocenters. The highest BCUT2D eigenvalue weighted by atomic mass is 35.5. The number of morpholine rings is 1. The van der Waals surface area contributed by atoms with Gasteiger partial charge in [-0.2, -0.15) is 0 Å². The lowest BCUT2D eigenvalue weighted by Crippen LogP contribution is -2.49. The number of ether oxygens (including phenoxy) is 1. The fraction of sp³-hybridized carbons (Fsp3) is 0.562. The van der Waals surface area contributed by atoms with Gasteiger partial charge in [0.25, 0.3) is 5.91 Å². The van der Waals surface area contributed by atoms with Crippen LogP contribution in [0.15, 0.2) is 24.3 Å². The normalized spacial score (nSPS) is 23.0. The second kappa shape index (κ2) is 8.16. The van der Waals surface area contributed by atoms with Gasteiger partial charge in [0, 0.05) is 18.1 Å². The largest absolute Gasteiger partial charge is 0.366 e. The lowest BCUT2D eigenvalue weighted by atomic mass is 9.77. The van der Waals surface area contributed by atoms with Gasteiger partial charge in [-0.15, -0.1) is 12.4 Å². The first kappa shape index (κ1) is 17.5. The molecule has 1 aromatic rings. The van der Waals surface area contributed by atoms with Crippen LogP contribution in [0.3, 0.4) is 0 Å². The molecule has 0 aromatic heterocycles. The van der Waals surface area contributed by atoms with Gasteiger partial charge in [0.05, 0.1) is 12.6 Å². The Morgan fingerprint density at radius 1 is 1.32 bits per heavy atom. The van der Waals surface area contributed by atoms with E-state index in [1.807, 2.05) is 24.3 Å². The van der Waals surface area contributed by atoms with Crippen molar-refractivity contribution in [1.29, 1.82) is 0 Å². The summed E-state index contributed by atoms with van der Waals surface area (Å²) in [7, 11) is 0. The van der Waals surface area contributed by atoms with Crippen molar-refractivity contribution in [3.63, 3.8) is 0 Å². The Morgan fingerprint density at radius 2 is 2.05 bits per heavy atom. The number of hydrogen-bond acceptors (Lipinski definition) is 3. The smallest absolute Gasteiger partial charge is 0.250 e. The number of halogens is 2. The third kappa shape index (κ3) is 4.13. The summed E-state index contributed by atoms with van der Waals surface area (Å²) in [6.45, 7) is 1.99. The standard InChI is InChI=1S/C16H21ClN2O2.ClH/c17-13-6-4-12(5-7-13)15(11-2-1-3-11)19-16(20)14-10-18-8-9-21-14;/h4-7,11,14-15,18H,1-3,8-10H2,(H,19,20);1H. The van der Waals surface area contributed by atoms with Crippen LogP contribution in [0.5, 0.6) is 0 Å². The van der Waals surface area contributed by atoms with E-state index < -0.39 is 0 Å². The Bertz CT molecular complexity index is 485. The van der Waals surface area contributed by atoms with Gasteiger partial charge in [0.2, 0.25) is 0 Å². The molecule has 1 aliphatic carbocycles. The van der Waals surface area contributed by atoms with Gasteiger partial charge >= 0.3 is 0 Å². The van der Waals surface area contributed by atoms with Crippen LogP contribution >= 0.6 is 24.0 Å². The summed E-state index contributed by atoms with van der Waals surface area (Å²) in [5.41, 5.74) is 1.13. The molecule has 0 spiro atoms. The fourth-order valence-corrected chi connectivity index (χ4v) is 3.02. The van der Waals surface area contributed by atoms with E-state index >= 15 is 0 Å². The predicted molar refractivity (Wildman–Crippen MR) is 89.5 cm³/mol. The van der Waals surface area contributed by atoms with E-state index in [0.717, 1.165) is 30.0 Å². The summed E-state index contributed by atoms with van der Waals surface area (Å²) in [6.07, 6.45) is 3.19. The summed E-state index contributed by atoms with van der Waals surface area (Å²) < 4.78 is 5.53. The monoisotopic (exact) mass is 344 g/mol. The van der Waals surface area contributed by atoms with Gasteiger partial charge in [-0.25, -0.2) is 0 Å². The zero-order chi connectivity index (χ0) is 14.7. The topological polar surface area (TPSA) is 50.4 Å². The van der Waals surface area contributed by atoms with Crippen molar-refractivity contribution in [3.8, 4) is 0 Å². The molecule has 4 nitrogen and oxygen atoms in total. The second-order valence-electron chi connectivity index (χ2n) is 5.79. The van der Waals surface area contributed by atoms with Crippen molar-refractivity contribution in [2.24, 2.45) is 5.92 Å². The zero-order valence-corrected chi connectivity index (χ0v) is 14.0. The Morgan fingerprint density at radius 3 is 2.59 bits per heavy atom. The molecule has 1 heterocycles. The van der Waals surface area contributed by atoms with E-state index in [9.17, 15) is 4.79 Å². The first-order chi connectivity index (χ1) is 10.2. The summed E-state index contributed by atoms with van der Waals surface area (Å²) in [4.78, 5) is 12.4. The van der Waals surface area contributed by atoms with Crippen LogP contribution in [0.1, 0.15) is 30.9 Å². The van der Waals surface area contributed by atoms with Crippen LogP contribution in [0.2, 0.25) is 5.02 Å². The molecule has 2 fully saturated rings. The first-order valence-electron chi connectivity index (χ1n) is 7.62. The van der Waals surface area contributed by atoms with Crippen LogP contribution < -0.4 is 10.6 Å². The van der Waals surface area contributed by atoms with E-state index in [-0.39, 0.29) is 30.5 Å². The summed E-state index contributed by atoms with van der Waals surface area (Å²) in [5.74, 6) is 0.501. The molecular weight excluding hydrogens is 323 g/mol. The maximum absolute atomic E-state index is 12.4. The van der Waals surface area contributed by atoms with Crippen LogP contribution in [-0.4, -0.2) is 31.7 Å². The molecule has 1 amide bonds. The molecule has 122 valence electrons. The second-order valence-corrected chi connectivity index (χ2v) is 6.23. The number of rotatable bonds is 4.